The van der Waals surface area contributed by atoms with Crippen LogP contribution in [0.2, 0.25) is 5.02 Å². The molecule has 0 saturated carbocycles. The van der Waals surface area contributed by atoms with E-state index in [0.717, 1.165) is 27.2 Å². The fourth-order valence-corrected chi connectivity index (χ4v) is 4.65. The van der Waals surface area contributed by atoms with Gasteiger partial charge in [-0.2, -0.15) is 0 Å². The SMILES string of the molecule is O=C(O)CN(Cc1cc(Cl)c2c(c1)OCO2)C(=O)OCC1c2ccccc2-c2ccccc21. The molecule has 0 saturated heterocycles. The molecule has 7 nitrogen and oxygen atoms in total. The lowest BCUT2D eigenvalue weighted by Gasteiger charge is -2.22. The summed E-state index contributed by atoms with van der Waals surface area (Å²) in [6.45, 7) is -0.351. The molecule has 0 fully saturated rings. The summed E-state index contributed by atoms with van der Waals surface area (Å²) in [5.41, 5.74) is 5.01. The van der Waals surface area contributed by atoms with Crippen LogP contribution in [0.4, 0.5) is 4.79 Å². The van der Waals surface area contributed by atoms with Crippen LogP contribution in [0.25, 0.3) is 11.1 Å². The van der Waals surface area contributed by atoms with Gasteiger partial charge in [0.15, 0.2) is 11.5 Å². The van der Waals surface area contributed by atoms with Gasteiger partial charge in [0.05, 0.1) is 5.02 Å². The lowest BCUT2D eigenvalue weighted by Crippen LogP contribution is -2.36. The van der Waals surface area contributed by atoms with Crippen molar-refractivity contribution in [1.29, 1.82) is 0 Å². The fourth-order valence-electron chi connectivity index (χ4n) is 4.37. The first kappa shape index (κ1) is 21.2. The smallest absolute Gasteiger partial charge is 0.410 e. The summed E-state index contributed by atoms with van der Waals surface area (Å²) in [6, 6.07) is 19.3. The van der Waals surface area contributed by atoms with Crippen molar-refractivity contribution in [2.24, 2.45) is 0 Å². The van der Waals surface area contributed by atoms with Crippen molar-refractivity contribution in [3.8, 4) is 22.6 Å². The third kappa shape index (κ3) is 4.07. The number of hydrogen-bond acceptors (Lipinski definition) is 5. The van der Waals surface area contributed by atoms with Gasteiger partial charge in [0, 0.05) is 12.5 Å². The third-order valence-electron chi connectivity index (χ3n) is 5.78. The standard InChI is InChI=1S/C25H20ClNO6/c26-21-9-15(10-22-24(21)33-14-32-22)11-27(12-23(28)29)25(30)31-13-20-18-7-3-1-5-16(18)17-6-2-4-8-19(17)20/h1-10,20H,11-14H2,(H,28,29). The maximum atomic E-state index is 12.9. The summed E-state index contributed by atoms with van der Waals surface area (Å²) in [4.78, 5) is 25.5. The van der Waals surface area contributed by atoms with E-state index >= 15 is 0 Å². The number of carboxylic acids is 1. The molecule has 8 heteroatoms. The highest BCUT2D eigenvalue weighted by Gasteiger charge is 2.30. The van der Waals surface area contributed by atoms with Crippen LogP contribution < -0.4 is 9.47 Å². The van der Waals surface area contributed by atoms with Crippen LogP contribution in [-0.2, 0) is 16.1 Å². The number of nitrogens with zero attached hydrogens (tertiary/aromatic N) is 1. The van der Waals surface area contributed by atoms with Gasteiger partial charge in [0.25, 0.3) is 0 Å². The van der Waals surface area contributed by atoms with Crippen molar-refractivity contribution >= 4 is 23.7 Å². The molecule has 0 atom stereocenters. The molecule has 168 valence electrons. The van der Waals surface area contributed by atoms with Crippen LogP contribution in [0.3, 0.4) is 0 Å². The molecule has 5 rings (SSSR count). The minimum atomic E-state index is -1.14. The summed E-state index contributed by atoms with van der Waals surface area (Å²) < 4.78 is 16.3. The zero-order valence-electron chi connectivity index (χ0n) is 17.5. The third-order valence-corrected chi connectivity index (χ3v) is 6.06. The molecule has 2 aliphatic rings. The van der Waals surface area contributed by atoms with Gasteiger partial charge in [-0.05, 0) is 39.9 Å². The number of carboxylic acid groups (broad SMARTS) is 1. The van der Waals surface area contributed by atoms with Crippen molar-refractivity contribution in [1.82, 2.24) is 4.90 Å². The first-order chi connectivity index (χ1) is 16.0. The number of aliphatic carboxylic acids is 1. The molecule has 33 heavy (non-hydrogen) atoms. The van der Waals surface area contributed by atoms with Gasteiger partial charge in [-0.1, -0.05) is 60.1 Å². The number of halogens is 1. The van der Waals surface area contributed by atoms with Crippen LogP contribution in [0, 0.1) is 0 Å². The van der Waals surface area contributed by atoms with E-state index in [-0.39, 0.29) is 25.9 Å². The van der Waals surface area contributed by atoms with Crippen molar-refractivity contribution in [3.05, 3.63) is 82.4 Å². The van der Waals surface area contributed by atoms with E-state index in [0.29, 0.717) is 22.1 Å². The summed E-state index contributed by atoms with van der Waals surface area (Å²) in [5, 5.41) is 9.68. The molecule has 0 bridgehead atoms. The van der Waals surface area contributed by atoms with Crippen LogP contribution in [0.5, 0.6) is 11.5 Å². The number of carbonyl (C=O) groups is 2. The molecule has 0 radical (unpaired) electrons. The van der Waals surface area contributed by atoms with Gasteiger partial charge in [-0.15, -0.1) is 0 Å². The highest BCUT2D eigenvalue weighted by molar-refractivity contribution is 6.32. The molecule has 0 aromatic heterocycles. The van der Waals surface area contributed by atoms with Gasteiger partial charge in [-0.3, -0.25) is 9.69 Å². The van der Waals surface area contributed by atoms with Gasteiger partial charge in [0.1, 0.15) is 13.2 Å². The van der Waals surface area contributed by atoms with Crippen molar-refractivity contribution in [2.75, 3.05) is 19.9 Å². The zero-order chi connectivity index (χ0) is 22.9. The van der Waals surface area contributed by atoms with E-state index in [9.17, 15) is 14.7 Å². The Balaban J connectivity index is 1.34. The second-order valence-corrected chi connectivity index (χ2v) is 8.27. The number of rotatable bonds is 6. The minimum absolute atomic E-state index is 0.000661. The Morgan fingerprint density at radius 2 is 1.70 bits per heavy atom. The molecule has 1 aliphatic heterocycles. The second kappa shape index (κ2) is 8.67. The van der Waals surface area contributed by atoms with Gasteiger partial charge >= 0.3 is 12.1 Å². The summed E-state index contributed by atoms with van der Waals surface area (Å²) in [6.07, 6.45) is -0.715. The highest BCUT2D eigenvalue weighted by Crippen LogP contribution is 2.44. The Kier molecular flexibility index (Phi) is 5.56. The minimum Gasteiger partial charge on any atom is -0.480 e. The predicted octanol–water partition coefficient (Wildman–Crippen LogP) is 4.90. The average molecular weight is 466 g/mol. The van der Waals surface area contributed by atoms with E-state index in [2.05, 4.69) is 12.1 Å². The van der Waals surface area contributed by atoms with Crippen molar-refractivity contribution < 1.29 is 28.9 Å². The first-order valence-electron chi connectivity index (χ1n) is 10.4. The molecule has 0 spiro atoms. The second-order valence-electron chi connectivity index (χ2n) is 7.87. The zero-order valence-corrected chi connectivity index (χ0v) is 18.2. The number of amides is 1. The number of fused-ring (bicyclic) bond motifs is 4. The van der Waals surface area contributed by atoms with Crippen LogP contribution in [0.15, 0.2) is 60.7 Å². The summed E-state index contributed by atoms with van der Waals surface area (Å²) in [5.74, 6) is -0.366. The van der Waals surface area contributed by atoms with Crippen molar-refractivity contribution in [3.63, 3.8) is 0 Å². The quantitative estimate of drug-likeness (QED) is 0.557. The number of hydrogen-bond donors (Lipinski definition) is 1. The Bertz CT molecular complexity index is 1200. The predicted molar refractivity (Wildman–Crippen MR) is 121 cm³/mol. The maximum Gasteiger partial charge on any atom is 0.410 e. The molecule has 3 aromatic rings. The lowest BCUT2D eigenvalue weighted by molar-refractivity contribution is -0.138. The molecular weight excluding hydrogens is 446 g/mol. The van der Waals surface area contributed by atoms with E-state index < -0.39 is 18.6 Å². The largest absolute Gasteiger partial charge is 0.480 e. The van der Waals surface area contributed by atoms with Crippen LogP contribution >= 0.6 is 11.6 Å². The molecule has 1 amide bonds. The van der Waals surface area contributed by atoms with Crippen LogP contribution in [-0.4, -0.2) is 42.0 Å². The average Bonchev–Trinajstić information content (AvgIpc) is 3.40. The topological polar surface area (TPSA) is 85.3 Å². The molecule has 0 unspecified atom stereocenters. The molecule has 1 aliphatic carbocycles. The molecule has 3 aromatic carbocycles. The normalized spacial score (nSPS) is 13.4. The van der Waals surface area contributed by atoms with E-state index in [1.807, 2.05) is 36.4 Å². The number of carbonyl (C=O) groups excluding carboxylic acids is 1. The molecular formula is C25H20ClNO6. The van der Waals surface area contributed by atoms with E-state index in [4.69, 9.17) is 25.8 Å². The fraction of sp³-hybridized carbons (Fsp3) is 0.200. The van der Waals surface area contributed by atoms with E-state index in [1.54, 1.807) is 12.1 Å². The molecule has 1 N–H and O–H groups in total. The van der Waals surface area contributed by atoms with Gasteiger partial charge in [0.2, 0.25) is 6.79 Å². The first-order valence-corrected chi connectivity index (χ1v) is 10.8. The lowest BCUT2D eigenvalue weighted by atomic mass is 9.98. The highest BCUT2D eigenvalue weighted by atomic mass is 35.5. The summed E-state index contributed by atoms with van der Waals surface area (Å²) in [7, 11) is 0. The Hall–Kier alpha value is -3.71. The van der Waals surface area contributed by atoms with Gasteiger partial charge in [-0.25, -0.2) is 4.79 Å². The van der Waals surface area contributed by atoms with Crippen LogP contribution in [0.1, 0.15) is 22.6 Å². The Labute approximate surface area is 195 Å². The van der Waals surface area contributed by atoms with Gasteiger partial charge < -0.3 is 19.3 Å². The van der Waals surface area contributed by atoms with Crippen molar-refractivity contribution in [2.45, 2.75) is 12.5 Å². The summed E-state index contributed by atoms with van der Waals surface area (Å²) >= 11 is 6.23. The number of benzene rings is 3. The maximum absolute atomic E-state index is 12.9. The van der Waals surface area contributed by atoms with E-state index in [1.165, 1.54) is 0 Å². The Morgan fingerprint density at radius 1 is 1.03 bits per heavy atom. The Morgan fingerprint density at radius 3 is 2.36 bits per heavy atom. The monoisotopic (exact) mass is 465 g/mol. The molecule has 1 heterocycles. The number of ether oxygens (including phenoxy) is 3.